The van der Waals surface area contributed by atoms with Crippen LogP contribution < -0.4 is 0 Å². The summed E-state index contributed by atoms with van der Waals surface area (Å²) in [5.41, 5.74) is 4.67. The van der Waals surface area contributed by atoms with Crippen LogP contribution in [0.15, 0.2) is 50.8 Å². The molecule has 0 bridgehead atoms. The quantitative estimate of drug-likeness (QED) is 0.271. The summed E-state index contributed by atoms with van der Waals surface area (Å²) in [4.78, 5) is 6.78. The first kappa shape index (κ1) is 21.6. The molecule has 4 heterocycles. The van der Waals surface area contributed by atoms with E-state index in [4.69, 9.17) is 8.94 Å². The maximum absolute atomic E-state index is 5.47. The summed E-state index contributed by atoms with van der Waals surface area (Å²) in [6, 6.07) is 10.9. The van der Waals surface area contributed by atoms with E-state index in [1.165, 1.54) is 24.9 Å². The molecule has 0 unspecified atom stereocenters. The Bertz CT molecular complexity index is 1310. The van der Waals surface area contributed by atoms with E-state index in [1.54, 1.807) is 11.8 Å². The molecule has 2 aliphatic rings. The van der Waals surface area contributed by atoms with E-state index in [9.17, 15) is 0 Å². The zero-order valence-corrected chi connectivity index (χ0v) is 20.5. The largest absolute Gasteiger partial charge is 0.440 e. The highest BCUT2D eigenvalue weighted by atomic mass is 32.2. The monoisotopic (exact) mass is 476 g/mol. The van der Waals surface area contributed by atoms with Gasteiger partial charge in [0.15, 0.2) is 17.3 Å². The van der Waals surface area contributed by atoms with Crippen LogP contribution in [-0.2, 0) is 12.5 Å². The van der Waals surface area contributed by atoms with Gasteiger partial charge in [-0.2, -0.15) is 0 Å². The zero-order chi connectivity index (χ0) is 23.3. The standard InChI is InChI=1S/C25H28N6O2S/c1-16-11-21(29-33-16)18-5-7-19(8-6-18)25-12-20(25)13-31(14-25)9-4-10-34-24-28-27-23(30(24)3)22-17(2)26-15-32-22/h5-8,11,15,20H,4,9-10,12-14H2,1-3H3/t20-,25+/m1/s1. The number of thioether (sulfide) groups is 1. The van der Waals surface area contributed by atoms with E-state index in [0.29, 0.717) is 11.2 Å². The van der Waals surface area contributed by atoms with E-state index in [0.717, 1.165) is 64.9 Å². The van der Waals surface area contributed by atoms with Gasteiger partial charge in [-0.15, -0.1) is 10.2 Å². The topological polar surface area (TPSA) is 86.0 Å². The van der Waals surface area contributed by atoms with Crippen molar-refractivity contribution in [3.05, 3.63) is 53.7 Å². The summed E-state index contributed by atoms with van der Waals surface area (Å²) in [5, 5.41) is 13.7. The first-order valence-electron chi connectivity index (χ1n) is 11.7. The van der Waals surface area contributed by atoms with Crippen LogP contribution in [0.1, 0.15) is 29.9 Å². The molecule has 0 spiro atoms. The molecule has 1 aromatic carbocycles. The fourth-order valence-electron chi connectivity index (χ4n) is 5.29. The van der Waals surface area contributed by atoms with Gasteiger partial charge in [-0.05, 0) is 44.7 Å². The Hall–Kier alpha value is -2.91. The molecule has 4 aromatic rings. The molecule has 0 N–H and O–H groups in total. The third-order valence-electron chi connectivity index (χ3n) is 7.23. The smallest absolute Gasteiger partial charge is 0.202 e. The van der Waals surface area contributed by atoms with Crippen molar-refractivity contribution >= 4 is 11.8 Å². The molecule has 3 aromatic heterocycles. The van der Waals surface area contributed by atoms with Gasteiger partial charge in [0.05, 0.1) is 5.69 Å². The number of benzene rings is 1. The average Bonchev–Trinajstić information content (AvgIpc) is 3.31. The van der Waals surface area contributed by atoms with Crippen LogP contribution in [0, 0.1) is 19.8 Å². The normalized spacial score (nSPS) is 21.8. The summed E-state index contributed by atoms with van der Waals surface area (Å²) >= 11 is 1.75. The van der Waals surface area contributed by atoms with Crippen LogP contribution in [0.25, 0.3) is 22.8 Å². The number of aryl methyl sites for hydroxylation is 2. The summed E-state index contributed by atoms with van der Waals surface area (Å²) in [5.74, 6) is 4.05. The molecule has 2 atom stereocenters. The van der Waals surface area contributed by atoms with Gasteiger partial charge in [-0.3, -0.25) is 0 Å². The lowest BCUT2D eigenvalue weighted by Gasteiger charge is -2.21. The average molecular weight is 477 g/mol. The molecule has 8 nitrogen and oxygen atoms in total. The van der Waals surface area contributed by atoms with E-state index < -0.39 is 0 Å². The van der Waals surface area contributed by atoms with Gasteiger partial charge in [0.2, 0.25) is 5.82 Å². The summed E-state index contributed by atoms with van der Waals surface area (Å²) in [7, 11) is 1.98. The Balaban J connectivity index is 1.02. The van der Waals surface area contributed by atoms with E-state index in [2.05, 4.69) is 49.5 Å². The number of hydrogen-bond acceptors (Lipinski definition) is 8. The first-order valence-corrected chi connectivity index (χ1v) is 12.7. The predicted molar refractivity (Wildman–Crippen MR) is 129 cm³/mol. The molecule has 0 amide bonds. The Morgan fingerprint density at radius 3 is 2.76 bits per heavy atom. The van der Waals surface area contributed by atoms with Crippen molar-refractivity contribution in [1.29, 1.82) is 0 Å². The number of rotatable bonds is 8. The van der Waals surface area contributed by atoms with Crippen molar-refractivity contribution in [2.75, 3.05) is 25.4 Å². The number of fused-ring (bicyclic) bond motifs is 1. The molecule has 2 fully saturated rings. The lowest BCUT2D eigenvalue weighted by molar-refractivity contribution is 0.299. The van der Waals surface area contributed by atoms with Gasteiger partial charge < -0.3 is 18.4 Å². The molecular formula is C25H28N6O2S. The Morgan fingerprint density at radius 2 is 2.03 bits per heavy atom. The van der Waals surface area contributed by atoms with Gasteiger partial charge in [-0.1, -0.05) is 41.2 Å². The van der Waals surface area contributed by atoms with Gasteiger partial charge in [0.1, 0.15) is 11.5 Å². The molecular weight excluding hydrogens is 448 g/mol. The maximum Gasteiger partial charge on any atom is 0.202 e. The Morgan fingerprint density at radius 1 is 1.18 bits per heavy atom. The van der Waals surface area contributed by atoms with E-state index in [-0.39, 0.29) is 0 Å². The number of nitrogens with zero attached hydrogens (tertiary/aromatic N) is 6. The predicted octanol–water partition coefficient (Wildman–Crippen LogP) is 4.50. The molecule has 1 aliphatic heterocycles. The zero-order valence-electron chi connectivity index (χ0n) is 19.7. The molecule has 9 heteroatoms. The molecule has 176 valence electrons. The third-order valence-corrected chi connectivity index (χ3v) is 8.34. The minimum absolute atomic E-state index is 0.346. The van der Waals surface area contributed by atoms with Gasteiger partial charge in [0, 0.05) is 42.9 Å². The van der Waals surface area contributed by atoms with Crippen LogP contribution in [0.3, 0.4) is 0 Å². The third kappa shape index (κ3) is 3.76. The van der Waals surface area contributed by atoms with Gasteiger partial charge >= 0.3 is 0 Å². The van der Waals surface area contributed by atoms with Crippen LogP contribution in [0.4, 0.5) is 0 Å². The highest BCUT2D eigenvalue weighted by Gasteiger charge is 2.60. The van der Waals surface area contributed by atoms with E-state index >= 15 is 0 Å². The Labute approximate surface area is 202 Å². The van der Waals surface area contributed by atoms with Crippen molar-refractivity contribution < 1.29 is 8.94 Å². The second-order valence-electron chi connectivity index (χ2n) is 9.53. The Kier molecular flexibility index (Phi) is 5.33. The molecule has 1 saturated heterocycles. The minimum Gasteiger partial charge on any atom is -0.440 e. The molecule has 0 radical (unpaired) electrons. The van der Waals surface area contributed by atoms with Crippen LogP contribution >= 0.6 is 11.8 Å². The summed E-state index contributed by atoms with van der Waals surface area (Å²) < 4.78 is 12.7. The summed E-state index contributed by atoms with van der Waals surface area (Å²) in [6.45, 7) is 7.32. The molecule has 6 rings (SSSR count). The van der Waals surface area contributed by atoms with Crippen LogP contribution in [0.5, 0.6) is 0 Å². The van der Waals surface area contributed by atoms with Gasteiger partial charge in [0.25, 0.3) is 0 Å². The minimum atomic E-state index is 0.346. The van der Waals surface area contributed by atoms with E-state index in [1.807, 2.05) is 31.5 Å². The lowest BCUT2D eigenvalue weighted by Crippen LogP contribution is -2.27. The second-order valence-corrected chi connectivity index (χ2v) is 10.6. The fraction of sp³-hybridized carbons (Fsp3) is 0.440. The van der Waals surface area contributed by atoms with Crippen molar-refractivity contribution in [2.24, 2.45) is 13.0 Å². The highest BCUT2D eigenvalue weighted by molar-refractivity contribution is 7.99. The van der Waals surface area contributed by atoms with Gasteiger partial charge in [-0.25, -0.2) is 4.98 Å². The van der Waals surface area contributed by atoms with Crippen molar-refractivity contribution in [3.8, 4) is 22.8 Å². The van der Waals surface area contributed by atoms with Crippen molar-refractivity contribution in [1.82, 2.24) is 29.8 Å². The molecule has 1 aliphatic carbocycles. The first-order chi connectivity index (χ1) is 16.5. The number of oxazole rings is 1. The molecule has 34 heavy (non-hydrogen) atoms. The molecule has 1 saturated carbocycles. The number of likely N-dealkylation sites (tertiary alicyclic amines) is 1. The fourth-order valence-corrected chi connectivity index (χ4v) is 6.12. The SMILES string of the molecule is Cc1cc(-c2ccc([C@@]34C[C@@H]3CN(CCCSc3nnc(-c5ocnc5C)n3C)C4)cc2)no1. The summed E-state index contributed by atoms with van der Waals surface area (Å²) in [6.07, 6.45) is 3.89. The number of hydrogen-bond donors (Lipinski definition) is 0. The highest BCUT2D eigenvalue weighted by Crippen LogP contribution is 2.59. The maximum atomic E-state index is 5.47. The number of piperidine rings is 1. The lowest BCUT2D eigenvalue weighted by atomic mass is 9.93. The van der Waals surface area contributed by atoms with Crippen LogP contribution in [-0.4, -0.2) is 55.2 Å². The van der Waals surface area contributed by atoms with Crippen molar-refractivity contribution in [3.63, 3.8) is 0 Å². The number of aromatic nitrogens is 5. The van der Waals surface area contributed by atoms with Crippen molar-refractivity contribution in [2.45, 2.75) is 37.3 Å². The second kappa shape index (κ2) is 8.39. The van der Waals surface area contributed by atoms with Crippen LogP contribution in [0.2, 0.25) is 0 Å².